The smallest absolute Gasteiger partial charge is 0.338 e. The van der Waals surface area contributed by atoms with E-state index < -0.39 is 18.0 Å². The molecule has 2 saturated carbocycles. The molecule has 3 N–H and O–H groups in total. The van der Waals surface area contributed by atoms with Crippen molar-refractivity contribution in [3.8, 4) is 5.75 Å². The summed E-state index contributed by atoms with van der Waals surface area (Å²) in [4.78, 5) is 25.6. The molecule has 5 rings (SSSR count). The lowest BCUT2D eigenvalue weighted by molar-refractivity contribution is -0.148. The number of rotatable bonds is 7. The second kappa shape index (κ2) is 10.4. The van der Waals surface area contributed by atoms with Crippen molar-refractivity contribution in [3.63, 3.8) is 0 Å². The summed E-state index contributed by atoms with van der Waals surface area (Å²) in [6.45, 7) is 17.2. The highest BCUT2D eigenvalue weighted by atomic mass is 16.5. The Bertz CT molecular complexity index is 1340. The molecular formula is C36H48O6. The summed E-state index contributed by atoms with van der Waals surface area (Å²) in [5.74, 6) is -1.79. The molecule has 228 valence electrons. The number of allylic oxidation sites excluding steroid dienone is 5. The van der Waals surface area contributed by atoms with Gasteiger partial charge in [0.05, 0.1) is 17.6 Å². The van der Waals surface area contributed by atoms with Gasteiger partial charge >= 0.3 is 11.9 Å². The second-order valence-corrected chi connectivity index (χ2v) is 14.9. The molecule has 1 aromatic rings. The van der Waals surface area contributed by atoms with E-state index in [0.717, 1.165) is 31.3 Å². The summed E-state index contributed by atoms with van der Waals surface area (Å²) in [6, 6.07) is 6.19. The van der Waals surface area contributed by atoms with E-state index in [1.165, 1.54) is 23.3 Å². The van der Waals surface area contributed by atoms with Gasteiger partial charge in [-0.2, -0.15) is 0 Å². The van der Waals surface area contributed by atoms with Crippen LogP contribution in [0.15, 0.2) is 59.7 Å². The van der Waals surface area contributed by atoms with Crippen molar-refractivity contribution in [2.24, 2.45) is 39.4 Å². The van der Waals surface area contributed by atoms with Gasteiger partial charge in [-0.1, -0.05) is 52.3 Å². The standard InChI is InChI=1S/C36H48O6/c1-21(2)8-13-24(31(39)40)30-27(38)20-36(7)26-14-15-28-33(3,4)29(42-32(41)22-9-11-23(37)12-10-22)17-18-34(28,5)25(26)16-19-35(30,36)6/h9-12,14,16,24,27-30,37-38H,1,8,13,15,17-20H2,2-7H3,(H,39,40). The van der Waals surface area contributed by atoms with E-state index in [9.17, 15) is 24.9 Å². The molecule has 4 aliphatic rings. The molecule has 0 amide bonds. The number of benzene rings is 1. The monoisotopic (exact) mass is 576 g/mol. The number of aliphatic carboxylic acids is 1. The molecule has 1 aromatic carbocycles. The lowest BCUT2D eigenvalue weighted by atomic mass is 9.44. The van der Waals surface area contributed by atoms with Crippen molar-refractivity contribution in [1.29, 1.82) is 0 Å². The third-order valence-electron chi connectivity index (χ3n) is 12.2. The molecule has 0 radical (unpaired) electrons. The van der Waals surface area contributed by atoms with Crippen LogP contribution in [-0.2, 0) is 9.53 Å². The van der Waals surface area contributed by atoms with Crippen molar-refractivity contribution in [2.45, 2.75) is 98.7 Å². The maximum absolute atomic E-state index is 13.0. The highest BCUT2D eigenvalue weighted by Gasteiger charge is 2.66. The molecule has 0 heterocycles. The Labute approximate surface area is 250 Å². The predicted octanol–water partition coefficient (Wildman–Crippen LogP) is 7.47. The van der Waals surface area contributed by atoms with E-state index in [1.807, 2.05) is 6.92 Å². The fourth-order valence-electron chi connectivity index (χ4n) is 9.67. The summed E-state index contributed by atoms with van der Waals surface area (Å²) in [5, 5.41) is 31.4. The molecule has 2 fully saturated rings. The van der Waals surface area contributed by atoms with E-state index >= 15 is 0 Å². The van der Waals surface area contributed by atoms with Gasteiger partial charge in [-0.3, -0.25) is 4.79 Å². The van der Waals surface area contributed by atoms with Crippen LogP contribution in [0.5, 0.6) is 5.75 Å². The number of aliphatic hydroxyl groups excluding tert-OH is 1. The molecule has 0 bridgehead atoms. The highest BCUT2D eigenvalue weighted by Crippen LogP contribution is 2.72. The van der Waals surface area contributed by atoms with Crippen molar-refractivity contribution >= 4 is 11.9 Å². The first-order valence-electron chi connectivity index (χ1n) is 15.5. The zero-order chi connectivity index (χ0) is 30.8. The third-order valence-corrected chi connectivity index (χ3v) is 12.2. The SMILES string of the molecule is C=C(C)CCC(C(=O)O)C1C(O)CC2(C)C3=CCC4C(C)(CCC(OC(=O)c5ccc(O)cc5)C4(C)C)C3=CCC12C. The molecule has 6 heteroatoms. The van der Waals surface area contributed by atoms with Crippen molar-refractivity contribution in [1.82, 2.24) is 0 Å². The first kappa shape index (κ1) is 30.6. The first-order chi connectivity index (χ1) is 19.6. The van der Waals surface area contributed by atoms with Gasteiger partial charge < -0.3 is 20.1 Å². The van der Waals surface area contributed by atoms with Gasteiger partial charge in [-0.15, -0.1) is 6.58 Å². The molecule has 8 atom stereocenters. The predicted molar refractivity (Wildman–Crippen MR) is 163 cm³/mol. The molecule has 42 heavy (non-hydrogen) atoms. The van der Waals surface area contributed by atoms with Gasteiger partial charge in [0.25, 0.3) is 0 Å². The van der Waals surface area contributed by atoms with Crippen molar-refractivity contribution < 1.29 is 29.6 Å². The Morgan fingerprint density at radius 3 is 2.36 bits per heavy atom. The van der Waals surface area contributed by atoms with E-state index in [1.54, 1.807) is 12.1 Å². The van der Waals surface area contributed by atoms with Crippen LogP contribution in [0.2, 0.25) is 0 Å². The number of aromatic hydroxyl groups is 1. The molecule has 0 saturated heterocycles. The van der Waals surface area contributed by atoms with Crippen LogP contribution in [0.4, 0.5) is 0 Å². The Hall–Kier alpha value is -2.86. The van der Waals surface area contributed by atoms with E-state index in [2.05, 4.69) is 53.3 Å². The number of carbonyl (C=O) groups is 2. The zero-order valence-electron chi connectivity index (χ0n) is 26.1. The average Bonchev–Trinajstić information content (AvgIpc) is 3.11. The molecule has 0 aliphatic heterocycles. The second-order valence-electron chi connectivity index (χ2n) is 14.9. The van der Waals surface area contributed by atoms with Crippen LogP contribution in [0, 0.1) is 39.4 Å². The minimum absolute atomic E-state index is 0.113. The summed E-state index contributed by atoms with van der Waals surface area (Å²) in [5.41, 5.74) is 2.92. The average molecular weight is 577 g/mol. The van der Waals surface area contributed by atoms with Gasteiger partial charge in [0.15, 0.2) is 0 Å². The molecule has 6 nitrogen and oxygen atoms in total. The zero-order valence-corrected chi connectivity index (χ0v) is 26.1. The van der Waals surface area contributed by atoms with Crippen molar-refractivity contribution in [3.05, 3.63) is 65.3 Å². The Morgan fingerprint density at radius 1 is 1.07 bits per heavy atom. The van der Waals surface area contributed by atoms with Crippen molar-refractivity contribution in [2.75, 3.05) is 0 Å². The van der Waals surface area contributed by atoms with E-state index in [4.69, 9.17) is 4.74 Å². The Balaban J connectivity index is 1.44. The largest absolute Gasteiger partial charge is 0.508 e. The Kier molecular flexibility index (Phi) is 7.57. The summed E-state index contributed by atoms with van der Waals surface area (Å²) < 4.78 is 6.13. The van der Waals surface area contributed by atoms with Crippen LogP contribution >= 0.6 is 0 Å². The fraction of sp³-hybridized carbons (Fsp3) is 0.611. The summed E-state index contributed by atoms with van der Waals surface area (Å²) in [6.07, 6.45) is 8.70. The van der Waals surface area contributed by atoms with Gasteiger partial charge in [0.2, 0.25) is 0 Å². The maximum Gasteiger partial charge on any atom is 0.338 e. The molecule has 0 spiro atoms. The number of esters is 1. The normalized spacial score (nSPS) is 37.3. The molecule has 4 aliphatic carbocycles. The van der Waals surface area contributed by atoms with Gasteiger partial charge in [0, 0.05) is 16.7 Å². The third kappa shape index (κ3) is 4.56. The lowest BCUT2D eigenvalue weighted by Crippen LogP contribution is -2.55. The van der Waals surface area contributed by atoms with Crippen LogP contribution in [-0.4, -0.2) is 39.5 Å². The maximum atomic E-state index is 13.0. The number of ether oxygens (including phenoxy) is 1. The van der Waals surface area contributed by atoms with Crippen LogP contribution < -0.4 is 0 Å². The number of phenols is 1. The fourth-order valence-corrected chi connectivity index (χ4v) is 9.67. The molecule has 0 aromatic heterocycles. The quantitative estimate of drug-likeness (QED) is 0.230. The summed E-state index contributed by atoms with van der Waals surface area (Å²) in [7, 11) is 0. The first-order valence-corrected chi connectivity index (χ1v) is 15.5. The minimum Gasteiger partial charge on any atom is -0.508 e. The van der Waals surface area contributed by atoms with Crippen LogP contribution in [0.25, 0.3) is 0 Å². The number of hydrogen-bond acceptors (Lipinski definition) is 5. The molecular weight excluding hydrogens is 528 g/mol. The van der Waals surface area contributed by atoms with Gasteiger partial charge in [-0.05, 0) is 104 Å². The number of phenolic OH excluding ortho intramolecular Hbond substituents is 1. The minimum atomic E-state index is -0.827. The highest BCUT2D eigenvalue weighted by molar-refractivity contribution is 5.89. The van der Waals surface area contributed by atoms with E-state index in [0.29, 0.717) is 24.8 Å². The number of carboxylic acids is 1. The topological polar surface area (TPSA) is 104 Å². The number of carbonyl (C=O) groups excluding carboxylic acids is 1. The van der Waals surface area contributed by atoms with Crippen LogP contribution in [0.3, 0.4) is 0 Å². The number of aliphatic hydroxyl groups is 1. The molecule has 8 unspecified atom stereocenters. The van der Waals surface area contributed by atoms with Crippen LogP contribution in [0.1, 0.15) is 96.8 Å². The summed E-state index contributed by atoms with van der Waals surface area (Å²) >= 11 is 0. The number of carboxylic acid groups (broad SMARTS) is 1. The Morgan fingerprint density at radius 2 is 1.74 bits per heavy atom. The van der Waals surface area contributed by atoms with Gasteiger partial charge in [0.1, 0.15) is 11.9 Å². The number of hydrogen-bond donors (Lipinski definition) is 3. The lowest BCUT2D eigenvalue weighted by Gasteiger charge is -2.61. The van der Waals surface area contributed by atoms with E-state index in [-0.39, 0.29) is 51.3 Å². The number of fused-ring (bicyclic) bond motifs is 5. The van der Waals surface area contributed by atoms with Gasteiger partial charge in [-0.25, -0.2) is 4.79 Å².